The van der Waals surface area contributed by atoms with Crippen LogP contribution in [0.15, 0.2) is 18.2 Å². The van der Waals surface area contributed by atoms with Crippen LogP contribution in [0.1, 0.15) is 51.4 Å². The van der Waals surface area contributed by atoms with Crippen LogP contribution in [0.3, 0.4) is 0 Å². The standard InChI is InChI=1S/C22H31ClN6O2/c1-31-19-11-10-16(13-18(19)23)25-21-26-20(24-15-7-4-2-3-5-8-15)27-22(28-21)29-12-6-9-17(30)14-29/h10-11,13,15,17,30H,2-9,12,14H2,1H3,(H2,24,25,26,27,28). The van der Waals surface area contributed by atoms with Crippen LogP contribution in [0.5, 0.6) is 5.75 Å². The van der Waals surface area contributed by atoms with E-state index in [0.29, 0.717) is 41.2 Å². The Kier molecular flexibility index (Phi) is 7.29. The molecular weight excluding hydrogens is 416 g/mol. The van der Waals surface area contributed by atoms with Crippen molar-refractivity contribution in [3.8, 4) is 5.75 Å². The Labute approximate surface area is 188 Å². The highest BCUT2D eigenvalue weighted by atomic mass is 35.5. The zero-order valence-corrected chi connectivity index (χ0v) is 18.7. The number of hydrogen-bond donors (Lipinski definition) is 3. The smallest absolute Gasteiger partial charge is 0.233 e. The molecule has 1 aliphatic heterocycles. The molecular formula is C22H31ClN6O2. The van der Waals surface area contributed by atoms with Crippen LogP contribution in [0.4, 0.5) is 23.5 Å². The molecule has 9 heteroatoms. The minimum absolute atomic E-state index is 0.361. The Hall–Kier alpha value is -2.32. The van der Waals surface area contributed by atoms with Gasteiger partial charge in [0.25, 0.3) is 0 Å². The molecule has 1 atom stereocenters. The maximum absolute atomic E-state index is 10.1. The van der Waals surface area contributed by atoms with E-state index in [1.807, 2.05) is 11.0 Å². The number of aliphatic hydroxyl groups excluding tert-OH is 1. The van der Waals surface area contributed by atoms with Crippen molar-refractivity contribution in [3.63, 3.8) is 0 Å². The third-order valence-corrected chi connectivity index (χ3v) is 6.19. The summed E-state index contributed by atoms with van der Waals surface area (Å²) in [6, 6.07) is 5.83. The molecule has 31 heavy (non-hydrogen) atoms. The van der Waals surface area contributed by atoms with Crippen molar-refractivity contribution in [3.05, 3.63) is 23.2 Å². The highest BCUT2D eigenvalue weighted by molar-refractivity contribution is 6.32. The van der Waals surface area contributed by atoms with Gasteiger partial charge in [0, 0.05) is 24.8 Å². The SMILES string of the molecule is COc1ccc(Nc2nc(NC3CCCCCC3)nc(N3CCCC(O)C3)n2)cc1Cl. The van der Waals surface area contributed by atoms with Gasteiger partial charge in [-0.25, -0.2) is 0 Å². The first-order valence-corrected chi connectivity index (χ1v) is 11.5. The first-order valence-electron chi connectivity index (χ1n) is 11.2. The molecule has 1 saturated carbocycles. The van der Waals surface area contributed by atoms with E-state index in [4.69, 9.17) is 21.3 Å². The molecule has 2 aromatic rings. The van der Waals surface area contributed by atoms with Crippen LogP contribution in [0, 0.1) is 0 Å². The predicted octanol–water partition coefficient (Wildman–Crippen LogP) is 4.37. The van der Waals surface area contributed by atoms with E-state index in [-0.39, 0.29) is 6.10 Å². The topological polar surface area (TPSA) is 95.4 Å². The van der Waals surface area contributed by atoms with Gasteiger partial charge in [-0.1, -0.05) is 37.3 Å². The van der Waals surface area contributed by atoms with Gasteiger partial charge in [0.05, 0.1) is 18.2 Å². The zero-order chi connectivity index (χ0) is 21.6. The molecule has 4 rings (SSSR count). The summed E-state index contributed by atoms with van der Waals surface area (Å²) in [7, 11) is 1.59. The molecule has 2 heterocycles. The van der Waals surface area contributed by atoms with Crippen LogP contribution in [-0.2, 0) is 0 Å². The van der Waals surface area contributed by atoms with Gasteiger partial charge in [0.1, 0.15) is 5.75 Å². The lowest BCUT2D eigenvalue weighted by Crippen LogP contribution is -2.39. The van der Waals surface area contributed by atoms with Crippen molar-refractivity contribution in [2.75, 3.05) is 35.7 Å². The quantitative estimate of drug-likeness (QED) is 0.563. The summed E-state index contributed by atoms with van der Waals surface area (Å²) in [5.41, 5.74) is 0.766. The van der Waals surface area contributed by atoms with Crippen molar-refractivity contribution >= 4 is 35.1 Å². The first-order chi connectivity index (χ1) is 15.1. The van der Waals surface area contributed by atoms with E-state index in [9.17, 15) is 5.11 Å². The van der Waals surface area contributed by atoms with Crippen LogP contribution < -0.4 is 20.3 Å². The number of ether oxygens (including phenoxy) is 1. The van der Waals surface area contributed by atoms with Crippen molar-refractivity contribution in [1.29, 1.82) is 0 Å². The maximum Gasteiger partial charge on any atom is 0.233 e. The number of aliphatic hydroxyl groups is 1. The van der Waals surface area contributed by atoms with Crippen molar-refractivity contribution < 1.29 is 9.84 Å². The van der Waals surface area contributed by atoms with Gasteiger partial charge in [0.2, 0.25) is 17.8 Å². The van der Waals surface area contributed by atoms with Gasteiger partial charge >= 0.3 is 0 Å². The Morgan fingerprint density at radius 3 is 2.52 bits per heavy atom. The number of nitrogens with one attached hydrogen (secondary N) is 2. The molecule has 1 aromatic heterocycles. The third kappa shape index (κ3) is 5.89. The van der Waals surface area contributed by atoms with Crippen molar-refractivity contribution in [2.24, 2.45) is 0 Å². The number of anilines is 4. The van der Waals surface area contributed by atoms with Crippen molar-refractivity contribution in [2.45, 2.75) is 63.5 Å². The second-order valence-corrected chi connectivity index (χ2v) is 8.74. The van der Waals surface area contributed by atoms with E-state index in [2.05, 4.69) is 20.6 Å². The number of aromatic nitrogens is 3. The largest absolute Gasteiger partial charge is 0.495 e. The fraction of sp³-hybridized carbons (Fsp3) is 0.591. The second-order valence-electron chi connectivity index (χ2n) is 8.33. The number of piperidine rings is 1. The molecule has 1 unspecified atom stereocenters. The fourth-order valence-corrected chi connectivity index (χ4v) is 4.50. The Bertz CT molecular complexity index is 875. The third-order valence-electron chi connectivity index (χ3n) is 5.90. The molecule has 3 N–H and O–H groups in total. The molecule has 1 aliphatic carbocycles. The Morgan fingerprint density at radius 1 is 1.03 bits per heavy atom. The zero-order valence-electron chi connectivity index (χ0n) is 18.0. The summed E-state index contributed by atoms with van der Waals surface area (Å²) in [5, 5.41) is 17.4. The van der Waals surface area contributed by atoms with E-state index >= 15 is 0 Å². The second kappa shape index (κ2) is 10.3. The van der Waals surface area contributed by atoms with Gasteiger partial charge in [-0.15, -0.1) is 0 Å². The summed E-state index contributed by atoms with van der Waals surface area (Å²) in [5.74, 6) is 2.20. The van der Waals surface area contributed by atoms with E-state index < -0.39 is 0 Å². The van der Waals surface area contributed by atoms with Crippen LogP contribution >= 0.6 is 11.6 Å². The molecule has 1 saturated heterocycles. The van der Waals surface area contributed by atoms with E-state index in [0.717, 1.165) is 37.9 Å². The lowest BCUT2D eigenvalue weighted by molar-refractivity contribution is 0.153. The molecule has 1 aromatic carbocycles. The monoisotopic (exact) mass is 446 g/mol. The molecule has 8 nitrogen and oxygen atoms in total. The van der Waals surface area contributed by atoms with Gasteiger partial charge in [0.15, 0.2) is 0 Å². The highest BCUT2D eigenvalue weighted by Crippen LogP contribution is 2.29. The minimum Gasteiger partial charge on any atom is -0.495 e. The number of halogens is 1. The van der Waals surface area contributed by atoms with Crippen LogP contribution in [0.25, 0.3) is 0 Å². The van der Waals surface area contributed by atoms with Gasteiger partial charge in [-0.05, 0) is 43.9 Å². The number of rotatable bonds is 6. The Balaban J connectivity index is 1.59. The Morgan fingerprint density at radius 2 is 1.81 bits per heavy atom. The number of hydrogen-bond acceptors (Lipinski definition) is 8. The van der Waals surface area contributed by atoms with Gasteiger partial charge in [-0.2, -0.15) is 15.0 Å². The fourth-order valence-electron chi connectivity index (χ4n) is 4.24. The van der Waals surface area contributed by atoms with E-state index in [1.54, 1.807) is 19.2 Å². The molecule has 168 valence electrons. The molecule has 0 spiro atoms. The summed E-state index contributed by atoms with van der Waals surface area (Å²) in [6.45, 7) is 1.35. The lowest BCUT2D eigenvalue weighted by Gasteiger charge is -2.30. The summed E-state index contributed by atoms with van der Waals surface area (Å²) < 4.78 is 5.23. The van der Waals surface area contributed by atoms with Crippen molar-refractivity contribution in [1.82, 2.24) is 15.0 Å². The lowest BCUT2D eigenvalue weighted by atomic mass is 10.1. The van der Waals surface area contributed by atoms with Gasteiger partial charge < -0.3 is 25.4 Å². The normalized spacial score (nSPS) is 20.2. The minimum atomic E-state index is -0.361. The summed E-state index contributed by atoms with van der Waals surface area (Å²) in [6.07, 6.45) is 8.64. The summed E-state index contributed by atoms with van der Waals surface area (Å²) in [4.78, 5) is 16.0. The number of benzene rings is 1. The summed E-state index contributed by atoms with van der Waals surface area (Å²) >= 11 is 6.27. The maximum atomic E-state index is 10.1. The molecule has 0 radical (unpaired) electrons. The molecule has 0 amide bonds. The average Bonchev–Trinajstić information content (AvgIpc) is 3.02. The van der Waals surface area contributed by atoms with Crippen LogP contribution in [0.2, 0.25) is 5.02 Å². The number of nitrogens with zero attached hydrogens (tertiary/aromatic N) is 4. The first kappa shape index (κ1) is 21.9. The molecule has 2 fully saturated rings. The predicted molar refractivity (Wildman–Crippen MR) is 124 cm³/mol. The molecule has 0 bridgehead atoms. The number of methoxy groups -OCH3 is 1. The highest BCUT2D eigenvalue weighted by Gasteiger charge is 2.22. The number of β-amino-alcohol motifs (C(OH)–C–C–N with tert-alkyl or cyclic N) is 1. The van der Waals surface area contributed by atoms with Gasteiger partial charge in [-0.3, -0.25) is 0 Å². The molecule has 2 aliphatic rings. The average molecular weight is 447 g/mol. The van der Waals surface area contributed by atoms with Crippen LogP contribution in [-0.4, -0.2) is 52.4 Å². The van der Waals surface area contributed by atoms with E-state index in [1.165, 1.54) is 25.7 Å².